The number of amides is 1. The fourth-order valence-electron chi connectivity index (χ4n) is 2.20. The van der Waals surface area contributed by atoms with E-state index in [1.165, 1.54) is 19.3 Å². The Kier molecular flexibility index (Phi) is 7.24. The molecule has 106 valence electrons. The van der Waals surface area contributed by atoms with Gasteiger partial charge in [-0.2, -0.15) is 0 Å². The van der Waals surface area contributed by atoms with E-state index < -0.39 is 0 Å². The van der Waals surface area contributed by atoms with Crippen molar-refractivity contribution in [2.45, 2.75) is 58.9 Å². The number of unbranched alkanes of at least 4 members (excludes halogenated alkanes) is 3. The zero-order valence-corrected chi connectivity index (χ0v) is 12.6. The second-order valence-electron chi connectivity index (χ2n) is 5.18. The lowest BCUT2D eigenvalue weighted by atomic mass is 10.1. The Labute approximate surface area is 117 Å². The molecule has 0 bridgehead atoms. The van der Waals surface area contributed by atoms with Gasteiger partial charge in [-0.1, -0.05) is 51.3 Å². The van der Waals surface area contributed by atoms with E-state index in [9.17, 15) is 4.79 Å². The molecule has 0 aliphatic carbocycles. The molecule has 1 aromatic rings. The molecule has 0 heterocycles. The molecular formula is C17H27NO. The minimum absolute atomic E-state index is 0.173. The second kappa shape index (κ2) is 8.73. The van der Waals surface area contributed by atoms with Crippen molar-refractivity contribution in [2.75, 3.05) is 6.54 Å². The van der Waals surface area contributed by atoms with Crippen LogP contribution in [-0.2, 0) is 0 Å². The van der Waals surface area contributed by atoms with Crippen LogP contribution in [0.3, 0.4) is 0 Å². The topological polar surface area (TPSA) is 20.3 Å². The average molecular weight is 261 g/mol. The van der Waals surface area contributed by atoms with Crippen molar-refractivity contribution in [3.8, 4) is 0 Å². The Morgan fingerprint density at radius 2 is 1.79 bits per heavy atom. The van der Waals surface area contributed by atoms with Crippen LogP contribution in [0.2, 0.25) is 0 Å². The van der Waals surface area contributed by atoms with E-state index in [1.807, 2.05) is 35.2 Å². The zero-order chi connectivity index (χ0) is 14.1. The molecule has 1 unspecified atom stereocenters. The summed E-state index contributed by atoms with van der Waals surface area (Å²) in [4.78, 5) is 14.6. The minimum atomic E-state index is 0.173. The van der Waals surface area contributed by atoms with Gasteiger partial charge in [-0.05, 0) is 31.9 Å². The van der Waals surface area contributed by atoms with E-state index in [0.717, 1.165) is 24.9 Å². The summed E-state index contributed by atoms with van der Waals surface area (Å²) in [6.07, 6.45) is 5.82. The number of hydrogen-bond acceptors (Lipinski definition) is 1. The van der Waals surface area contributed by atoms with E-state index in [-0.39, 0.29) is 5.91 Å². The molecule has 0 spiro atoms. The highest BCUT2D eigenvalue weighted by Gasteiger charge is 2.19. The summed E-state index contributed by atoms with van der Waals surface area (Å²) >= 11 is 0. The second-order valence-corrected chi connectivity index (χ2v) is 5.18. The number of benzene rings is 1. The molecule has 2 nitrogen and oxygen atoms in total. The fourth-order valence-corrected chi connectivity index (χ4v) is 2.20. The summed E-state index contributed by atoms with van der Waals surface area (Å²) in [6, 6.07) is 9.94. The van der Waals surface area contributed by atoms with Gasteiger partial charge in [-0.25, -0.2) is 0 Å². The van der Waals surface area contributed by atoms with Crippen LogP contribution >= 0.6 is 0 Å². The molecule has 0 fully saturated rings. The summed E-state index contributed by atoms with van der Waals surface area (Å²) < 4.78 is 0. The Balaban J connectivity index is 2.65. The number of hydrogen-bond donors (Lipinski definition) is 0. The molecule has 1 amide bonds. The van der Waals surface area contributed by atoms with Crippen molar-refractivity contribution < 1.29 is 4.79 Å². The summed E-state index contributed by atoms with van der Waals surface area (Å²) in [5.41, 5.74) is 0.804. The fraction of sp³-hybridized carbons (Fsp3) is 0.588. The predicted molar refractivity (Wildman–Crippen MR) is 81.4 cm³/mol. The maximum absolute atomic E-state index is 12.5. The van der Waals surface area contributed by atoms with E-state index >= 15 is 0 Å². The summed E-state index contributed by atoms with van der Waals surface area (Å²) in [5.74, 6) is 0.173. The maximum Gasteiger partial charge on any atom is 0.254 e. The molecule has 1 aromatic carbocycles. The third-order valence-corrected chi connectivity index (χ3v) is 3.66. The van der Waals surface area contributed by atoms with E-state index in [1.54, 1.807) is 0 Å². The molecule has 0 saturated carbocycles. The van der Waals surface area contributed by atoms with Gasteiger partial charge >= 0.3 is 0 Å². The number of rotatable bonds is 8. The Morgan fingerprint density at radius 3 is 2.37 bits per heavy atom. The number of carbonyl (C=O) groups excluding carboxylic acids is 1. The quantitative estimate of drug-likeness (QED) is 0.631. The molecule has 19 heavy (non-hydrogen) atoms. The van der Waals surface area contributed by atoms with Crippen molar-refractivity contribution in [1.29, 1.82) is 0 Å². The molecule has 0 N–H and O–H groups in total. The van der Waals surface area contributed by atoms with Crippen LogP contribution in [0.4, 0.5) is 0 Å². The van der Waals surface area contributed by atoms with Crippen molar-refractivity contribution in [3.63, 3.8) is 0 Å². The SMILES string of the molecule is CCCCCCN(C(=O)c1ccccc1)C(C)CC. The standard InChI is InChI=1S/C17H27NO/c1-4-6-7-11-14-18(15(3)5-2)17(19)16-12-9-8-10-13-16/h8-10,12-13,15H,4-7,11,14H2,1-3H3. The molecule has 0 aliphatic rings. The third kappa shape index (κ3) is 5.06. The minimum Gasteiger partial charge on any atom is -0.336 e. The Morgan fingerprint density at radius 1 is 1.11 bits per heavy atom. The third-order valence-electron chi connectivity index (χ3n) is 3.66. The van der Waals surface area contributed by atoms with E-state index in [0.29, 0.717) is 6.04 Å². The lowest BCUT2D eigenvalue weighted by Gasteiger charge is -2.29. The first-order chi connectivity index (χ1) is 9.20. The molecule has 1 atom stereocenters. The molecule has 0 aliphatic heterocycles. The smallest absolute Gasteiger partial charge is 0.254 e. The van der Waals surface area contributed by atoms with Crippen molar-refractivity contribution in [3.05, 3.63) is 35.9 Å². The lowest BCUT2D eigenvalue weighted by Crippen LogP contribution is -2.39. The van der Waals surface area contributed by atoms with Crippen LogP contribution in [0.5, 0.6) is 0 Å². The summed E-state index contributed by atoms with van der Waals surface area (Å²) in [7, 11) is 0. The van der Waals surface area contributed by atoms with E-state index in [4.69, 9.17) is 0 Å². The highest BCUT2D eigenvalue weighted by atomic mass is 16.2. The molecular weight excluding hydrogens is 234 g/mol. The molecule has 0 saturated heterocycles. The number of nitrogens with zero attached hydrogens (tertiary/aromatic N) is 1. The normalized spacial score (nSPS) is 12.2. The first-order valence-electron chi connectivity index (χ1n) is 7.56. The van der Waals surface area contributed by atoms with Gasteiger partial charge in [0.15, 0.2) is 0 Å². The van der Waals surface area contributed by atoms with Crippen molar-refractivity contribution >= 4 is 5.91 Å². The van der Waals surface area contributed by atoms with Crippen LogP contribution in [0, 0.1) is 0 Å². The van der Waals surface area contributed by atoms with Crippen LogP contribution in [0.1, 0.15) is 63.2 Å². The lowest BCUT2D eigenvalue weighted by molar-refractivity contribution is 0.0684. The van der Waals surface area contributed by atoms with Gasteiger partial charge in [0.1, 0.15) is 0 Å². The largest absolute Gasteiger partial charge is 0.336 e. The zero-order valence-electron chi connectivity index (χ0n) is 12.6. The van der Waals surface area contributed by atoms with Gasteiger partial charge in [0.05, 0.1) is 0 Å². The van der Waals surface area contributed by atoms with Crippen molar-refractivity contribution in [2.24, 2.45) is 0 Å². The molecule has 1 rings (SSSR count). The van der Waals surface area contributed by atoms with Gasteiger partial charge in [0, 0.05) is 18.2 Å². The first kappa shape index (κ1) is 15.7. The molecule has 2 heteroatoms. The van der Waals surface area contributed by atoms with Crippen LogP contribution < -0.4 is 0 Å². The average Bonchev–Trinajstić information content (AvgIpc) is 2.47. The van der Waals surface area contributed by atoms with Gasteiger partial charge in [0.2, 0.25) is 0 Å². The monoisotopic (exact) mass is 261 g/mol. The highest BCUT2D eigenvalue weighted by molar-refractivity contribution is 5.94. The Bertz CT molecular complexity index is 361. The van der Waals surface area contributed by atoms with Gasteiger partial charge in [-0.15, -0.1) is 0 Å². The number of carbonyl (C=O) groups is 1. The summed E-state index contributed by atoms with van der Waals surface area (Å²) in [6.45, 7) is 7.37. The van der Waals surface area contributed by atoms with Gasteiger partial charge < -0.3 is 4.90 Å². The van der Waals surface area contributed by atoms with Crippen molar-refractivity contribution in [1.82, 2.24) is 4.90 Å². The highest BCUT2D eigenvalue weighted by Crippen LogP contribution is 2.13. The van der Waals surface area contributed by atoms with Crippen LogP contribution in [0.15, 0.2) is 30.3 Å². The van der Waals surface area contributed by atoms with Gasteiger partial charge in [-0.3, -0.25) is 4.79 Å². The maximum atomic E-state index is 12.5. The Hall–Kier alpha value is -1.31. The van der Waals surface area contributed by atoms with Crippen LogP contribution in [0.25, 0.3) is 0 Å². The predicted octanol–water partition coefficient (Wildman–Crippen LogP) is 4.51. The first-order valence-corrected chi connectivity index (χ1v) is 7.56. The van der Waals surface area contributed by atoms with E-state index in [2.05, 4.69) is 20.8 Å². The van der Waals surface area contributed by atoms with Crippen LogP contribution in [-0.4, -0.2) is 23.4 Å². The molecule has 0 aromatic heterocycles. The van der Waals surface area contributed by atoms with Gasteiger partial charge in [0.25, 0.3) is 5.91 Å². The summed E-state index contributed by atoms with van der Waals surface area (Å²) in [5, 5.41) is 0. The molecule has 0 radical (unpaired) electrons.